The first-order valence-electron chi connectivity index (χ1n) is 4.63. The molecule has 0 aromatic carbocycles. The molecule has 0 bridgehead atoms. The Labute approximate surface area is 74.4 Å². The SMILES string of the molecule is CC#CCCC(O)C1CCNC1. The van der Waals surface area contributed by atoms with Crippen LogP contribution in [0.25, 0.3) is 0 Å². The van der Waals surface area contributed by atoms with E-state index in [0.717, 1.165) is 32.4 Å². The van der Waals surface area contributed by atoms with Gasteiger partial charge in [0.15, 0.2) is 0 Å². The maximum Gasteiger partial charge on any atom is 0.0590 e. The van der Waals surface area contributed by atoms with Crippen LogP contribution < -0.4 is 5.32 Å². The third-order valence-electron chi connectivity index (χ3n) is 2.38. The van der Waals surface area contributed by atoms with Crippen LogP contribution in [0, 0.1) is 17.8 Å². The Hall–Kier alpha value is -0.520. The van der Waals surface area contributed by atoms with Crippen molar-refractivity contribution in [2.75, 3.05) is 13.1 Å². The Morgan fingerprint density at radius 3 is 3.08 bits per heavy atom. The van der Waals surface area contributed by atoms with Gasteiger partial charge in [-0.05, 0) is 32.2 Å². The summed E-state index contributed by atoms with van der Waals surface area (Å²) in [6.45, 7) is 3.87. The molecule has 2 heteroatoms. The summed E-state index contributed by atoms with van der Waals surface area (Å²) in [6.07, 6.45) is 2.61. The molecule has 0 radical (unpaired) electrons. The van der Waals surface area contributed by atoms with Gasteiger partial charge in [-0.25, -0.2) is 0 Å². The summed E-state index contributed by atoms with van der Waals surface area (Å²) in [4.78, 5) is 0. The van der Waals surface area contributed by atoms with Crippen molar-refractivity contribution in [3.8, 4) is 11.8 Å². The van der Waals surface area contributed by atoms with Crippen LogP contribution in [-0.2, 0) is 0 Å². The van der Waals surface area contributed by atoms with E-state index in [-0.39, 0.29) is 6.10 Å². The fourth-order valence-electron chi connectivity index (χ4n) is 1.59. The van der Waals surface area contributed by atoms with Gasteiger partial charge in [0.25, 0.3) is 0 Å². The number of hydrogen-bond donors (Lipinski definition) is 2. The Morgan fingerprint density at radius 1 is 1.67 bits per heavy atom. The number of aliphatic hydroxyl groups is 1. The van der Waals surface area contributed by atoms with Gasteiger partial charge in [0.1, 0.15) is 0 Å². The van der Waals surface area contributed by atoms with Gasteiger partial charge in [-0.1, -0.05) is 0 Å². The molecule has 1 aliphatic heterocycles. The average Bonchev–Trinajstić information content (AvgIpc) is 2.56. The molecule has 2 atom stereocenters. The Kier molecular flexibility index (Phi) is 4.13. The summed E-state index contributed by atoms with van der Waals surface area (Å²) in [6, 6.07) is 0. The van der Waals surface area contributed by atoms with E-state index >= 15 is 0 Å². The molecule has 0 amide bonds. The Balaban J connectivity index is 2.16. The Bertz CT molecular complexity index is 174. The summed E-state index contributed by atoms with van der Waals surface area (Å²) in [5.74, 6) is 6.27. The highest BCUT2D eigenvalue weighted by atomic mass is 16.3. The molecule has 2 nitrogen and oxygen atoms in total. The highest BCUT2D eigenvalue weighted by molar-refractivity contribution is 4.95. The van der Waals surface area contributed by atoms with Crippen LogP contribution in [0.3, 0.4) is 0 Å². The molecule has 68 valence electrons. The zero-order chi connectivity index (χ0) is 8.81. The molecule has 12 heavy (non-hydrogen) atoms. The van der Waals surface area contributed by atoms with Gasteiger partial charge in [-0.2, -0.15) is 0 Å². The zero-order valence-electron chi connectivity index (χ0n) is 7.64. The van der Waals surface area contributed by atoms with E-state index in [1.807, 2.05) is 6.92 Å². The molecule has 1 heterocycles. The van der Waals surface area contributed by atoms with Crippen LogP contribution in [0.5, 0.6) is 0 Å². The second-order valence-corrected chi connectivity index (χ2v) is 3.29. The van der Waals surface area contributed by atoms with E-state index in [0.29, 0.717) is 5.92 Å². The van der Waals surface area contributed by atoms with Crippen molar-refractivity contribution in [1.82, 2.24) is 5.32 Å². The zero-order valence-corrected chi connectivity index (χ0v) is 7.64. The van der Waals surface area contributed by atoms with E-state index in [1.165, 1.54) is 0 Å². The molecule has 1 rings (SSSR count). The van der Waals surface area contributed by atoms with E-state index in [1.54, 1.807) is 0 Å². The number of rotatable bonds is 3. The summed E-state index contributed by atoms with van der Waals surface area (Å²) in [5, 5.41) is 12.9. The first-order valence-corrected chi connectivity index (χ1v) is 4.63. The molecular formula is C10H17NO. The fourth-order valence-corrected chi connectivity index (χ4v) is 1.59. The molecule has 0 saturated carbocycles. The predicted molar refractivity (Wildman–Crippen MR) is 49.7 cm³/mol. The number of hydrogen-bond acceptors (Lipinski definition) is 2. The van der Waals surface area contributed by atoms with Crippen LogP contribution in [-0.4, -0.2) is 24.3 Å². The van der Waals surface area contributed by atoms with E-state index in [2.05, 4.69) is 17.2 Å². The second kappa shape index (κ2) is 5.18. The van der Waals surface area contributed by atoms with Crippen LogP contribution in [0.4, 0.5) is 0 Å². The van der Waals surface area contributed by atoms with Gasteiger partial charge in [0.2, 0.25) is 0 Å². The van der Waals surface area contributed by atoms with Crippen LogP contribution >= 0.6 is 0 Å². The van der Waals surface area contributed by atoms with Gasteiger partial charge in [0.05, 0.1) is 6.10 Å². The summed E-state index contributed by atoms with van der Waals surface area (Å²) >= 11 is 0. The maximum atomic E-state index is 9.67. The molecule has 1 fully saturated rings. The minimum absolute atomic E-state index is 0.152. The van der Waals surface area contributed by atoms with Crippen LogP contribution in [0.15, 0.2) is 0 Å². The van der Waals surface area contributed by atoms with Crippen molar-refractivity contribution in [2.45, 2.75) is 32.3 Å². The van der Waals surface area contributed by atoms with Crippen molar-refractivity contribution in [3.05, 3.63) is 0 Å². The lowest BCUT2D eigenvalue weighted by atomic mass is 9.98. The van der Waals surface area contributed by atoms with Gasteiger partial charge in [-0.15, -0.1) is 11.8 Å². The van der Waals surface area contributed by atoms with Crippen LogP contribution in [0.1, 0.15) is 26.2 Å². The van der Waals surface area contributed by atoms with Crippen molar-refractivity contribution >= 4 is 0 Å². The predicted octanol–water partition coefficient (Wildman–Crippen LogP) is 0.760. The topological polar surface area (TPSA) is 32.3 Å². The highest BCUT2D eigenvalue weighted by Crippen LogP contribution is 2.15. The lowest BCUT2D eigenvalue weighted by molar-refractivity contribution is 0.110. The first-order chi connectivity index (χ1) is 5.84. The second-order valence-electron chi connectivity index (χ2n) is 3.29. The minimum atomic E-state index is -0.152. The van der Waals surface area contributed by atoms with Crippen molar-refractivity contribution in [1.29, 1.82) is 0 Å². The summed E-state index contributed by atoms with van der Waals surface area (Å²) in [5.41, 5.74) is 0. The first kappa shape index (κ1) is 9.57. The normalized spacial score (nSPS) is 24.7. The third-order valence-corrected chi connectivity index (χ3v) is 2.38. The molecular weight excluding hydrogens is 150 g/mol. The van der Waals surface area contributed by atoms with Gasteiger partial charge in [0, 0.05) is 13.0 Å². The molecule has 1 aliphatic rings. The Morgan fingerprint density at radius 2 is 2.50 bits per heavy atom. The van der Waals surface area contributed by atoms with Gasteiger partial charge < -0.3 is 10.4 Å². The van der Waals surface area contributed by atoms with Crippen LogP contribution in [0.2, 0.25) is 0 Å². The van der Waals surface area contributed by atoms with Crippen molar-refractivity contribution in [3.63, 3.8) is 0 Å². The van der Waals surface area contributed by atoms with E-state index in [4.69, 9.17) is 0 Å². The number of aliphatic hydroxyl groups excluding tert-OH is 1. The summed E-state index contributed by atoms with van der Waals surface area (Å²) in [7, 11) is 0. The number of nitrogens with one attached hydrogen (secondary N) is 1. The molecule has 2 N–H and O–H groups in total. The standard InChI is InChI=1S/C10H17NO/c1-2-3-4-5-10(12)9-6-7-11-8-9/h9-12H,4-8H2,1H3. The average molecular weight is 167 g/mol. The van der Waals surface area contributed by atoms with Crippen molar-refractivity contribution < 1.29 is 5.11 Å². The maximum absolute atomic E-state index is 9.67. The quantitative estimate of drug-likeness (QED) is 0.608. The molecule has 0 aromatic heterocycles. The molecule has 2 unspecified atom stereocenters. The lowest BCUT2D eigenvalue weighted by Crippen LogP contribution is -2.22. The van der Waals surface area contributed by atoms with Crippen molar-refractivity contribution in [2.24, 2.45) is 5.92 Å². The molecule has 1 saturated heterocycles. The monoisotopic (exact) mass is 167 g/mol. The minimum Gasteiger partial charge on any atom is -0.393 e. The fraction of sp³-hybridized carbons (Fsp3) is 0.800. The smallest absolute Gasteiger partial charge is 0.0590 e. The largest absolute Gasteiger partial charge is 0.393 e. The summed E-state index contributed by atoms with van der Waals surface area (Å²) < 4.78 is 0. The van der Waals surface area contributed by atoms with E-state index < -0.39 is 0 Å². The lowest BCUT2D eigenvalue weighted by Gasteiger charge is -2.15. The van der Waals surface area contributed by atoms with E-state index in [9.17, 15) is 5.11 Å². The molecule has 0 aromatic rings. The van der Waals surface area contributed by atoms with Gasteiger partial charge in [-0.3, -0.25) is 0 Å². The molecule has 0 spiro atoms. The third kappa shape index (κ3) is 2.84. The highest BCUT2D eigenvalue weighted by Gasteiger charge is 2.21. The van der Waals surface area contributed by atoms with Gasteiger partial charge >= 0.3 is 0 Å². The molecule has 0 aliphatic carbocycles.